The number of ether oxygens (including phenoxy) is 4. The number of esters is 4. The number of carbonyl (C=O) groups excluding carboxylic acids is 4. The second-order valence-corrected chi connectivity index (χ2v) is 32.7. The van der Waals surface area contributed by atoms with Gasteiger partial charge in [0, 0.05) is 25.7 Å². The first kappa shape index (κ1) is 97.1. The fourth-order valence-corrected chi connectivity index (χ4v) is 13.9. The SMILES string of the molecule is CCCCCCCCCCCCCCCCCCCCC(=O)OC[C@H](COP(=O)(O)OC[C@@H](O)COP(=O)(O)OC[C@@H](COC(=O)CCCCCCCCCCC)OC(=O)CCCCCCCCCCCCCC(C)C)OC(=O)CCCCCCCCCCCCCCCCCC(C)C. The van der Waals surface area contributed by atoms with E-state index in [1.165, 1.54) is 238 Å². The molecule has 3 N–H and O–H groups in total. The van der Waals surface area contributed by atoms with Crippen molar-refractivity contribution in [1.29, 1.82) is 0 Å². The first-order valence-corrected chi connectivity index (χ1v) is 44.5. The largest absolute Gasteiger partial charge is 0.472 e. The van der Waals surface area contributed by atoms with Crippen LogP contribution < -0.4 is 0 Å². The molecular formula is C80H156O17P2. The van der Waals surface area contributed by atoms with Crippen molar-refractivity contribution in [2.75, 3.05) is 39.6 Å². The normalized spacial score (nSPS) is 13.9. The summed E-state index contributed by atoms with van der Waals surface area (Å²) >= 11 is 0. The van der Waals surface area contributed by atoms with Gasteiger partial charge in [-0.15, -0.1) is 0 Å². The van der Waals surface area contributed by atoms with Crippen molar-refractivity contribution >= 4 is 39.5 Å². The minimum absolute atomic E-state index is 0.107. The van der Waals surface area contributed by atoms with Crippen LogP contribution >= 0.6 is 15.6 Å². The van der Waals surface area contributed by atoms with Crippen LogP contribution in [0.5, 0.6) is 0 Å². The molecule has 0 rings (SSSR count). The summed E-state index contributed by atoms with van der Waals surface area (Å²) in [6, 6.07) is 0. The minimum atomic E-state index is -4.96. The molecule has 0 aliphatic heterocycles. The van der Waals surface area contributed by atoms with Crippen LogP contribution in [0.1, 0.15) is 420 Å². The number of aliphatic hydroxyl groups is 1. The molecule has 0 saturated carbocycles. The second-order valence-electron chi connectivity index (χ2n) is 29.8. The zero-order valence-corrected chi connectivity index (χ0v) is 66.6. The molecule has 0 spiro atoms. The van der Waals surface area contributed by atoms with Crippen molar-refractivity contribution in [3.05, 3.63) is 0 Å². The van der Waals surface area contributed by atoms with Gasteiger partial charge in [0.25, 0.3) is 0 Å². The number of aliphatic hydroxyl groups excluding tert-OH is 1. The fourth-order valence-electron chi connectivity index (χ4n) is 12.4. The molecule has 0 aliphatic rings. The number of carbonyl (C=O) groups is 4. The van der Waals surface area contributed by atoms with Gasteiger partial charge in [0.1, 0.15) is 19.3 Å². The Bertz CT molecular complexity index is 1910. The summed E-state index contributed by atoms with van der Waals surface area (Å²) in [5.41, 5.74) is 0. The second kappa shape index (κ2) is 71.7. The zero-order chi connectivity index (χ0) is 72.8. The van der Waals surface area contributed by atoms with E-state index in [9.17, 15) is 43.2 Å². The number of rotatable bonds is 79. The topological polar surface area (TPSA) is 237 Å². The summed E-state index contributed by atoms with van der Waals surface area (Å²) < 4.78 is 68.7. The highest BCUT2D eigenvalue weighted by Crippen LogP contribution is 2.45. The molecule has 0 fully saturated rings. The lowest BCUT2D eigenvalue weighted by Gasteiger charge is -2.21. The summed E-state index contributed by atoms with van der Waals surface area (Å²) in [5, 5.41) is 10.6. The Morgan fingerprint density at radius 1 is 0.273 bits per heavy atom. The molecule has 0 radical (unpaired) electrons. The predicted molar refractivity (Wildman–Crippen MR) is 405 cm³/mol. The maximum absolute atomic E-state index is 13.1. The maximum Gasteiger partial charge on any atom is 0.472 e. The van der Waals surface area contributed by atoms with E-state index in [1.54, 1.807) is 0 Å². The molecule has 0 bridgehead atoms. The lowest BCUT2D eigenvalue weighted by molar-refractivity contribution is -0.161. The van der Waals surface area contributed by atoms with Crippen LogP contribution in [0, 0.1) is 11.8 Å². The minimum Gasteiger partial charge on any atom is -0.462 e. The average molecular weight is 1450 g/mol. The van der Waals surface area contributed by atoms with E-state index >= 15 is 0 Å². The number of unbranched alkanes of at least 4 members (excludes halogenated alkanes) is 49. The van der Waals surface area contributed by atoms with Gasteiger partial charge in [0.2, 0.25) is 0 Å². The van der Waals surface area contributed by atoms with E-state index in [1.807, 2.05) is 0 Å². The third kappa shape index (κ3) is 74.1. The monoisotopic (exact) mass is 1450 g/mol. The van der Waals surface area contributed by atoms with Gasteiger partial charge < -0.3 is 33.8 Å². The smallest absolute Gasteiger partial charge is 0.462 e. The summed E-state index contributed by atoms with van der Waals surface area (Å²) in [6.45, 7) is 9.64. The zero-order valence-electron chi connectivity index (χ0n) is 64.8. The molecule has 17 nitrogen and oxygen atoms in total. The van der Waals surface area contributed by atoms with E-state index in [0.717, 1.165) is 102 Å². The quantitative estimate of drug-likeness (QED) is 0.0222. The summed E-state index contributed by atoms with van der Waals surface area (Å²) in [5.74, 6) is -0.542. The Hall–Kier alpha value is -1.94. The molecule has 588 valence electrons. The van der Waals surface area contributed by atoms with E-state index in [0.29, 0.717) is 25.7 Å². The van der Waals surface area contributed by atoms with Crippen molar-refractivity contribution in [1.82, 2.24) is 0 Å². The maximum atomic E-state index is 13.1. The lowest BCUT2D eigenvalue weighted by Crippen LogP contribution is -2.30. The Morgan fingerprint density at radius 2 is 0.465 bits per heavy atom. The van der Waals surface area contributed by atoms with Crippen LogP contribution in [0.25, 0.3) is 0 Å². The van der Waals surface area contributed by atoms with Crippen LogP contribution in [0.2, 0.25) is 0 Å². The molecule has 19 heteroatoms. The highest BCUT2D eigenvalue weighted by Gasteiger charge is 2.30. The third-order valence-corrected chi connectivity index (χ3v) is 20.6. The molecule has 0 amide bonds. The molecule has 0 aromatic heterocycles. The van der Waals surface area contributed by atoms with E-state index in [-0.39, 0.29) is 25.7 Å². The molecule has 2 unspecified atom stereocenters. The van der Waals surface area contributed by atoms with Gasteiger partial charge in [-0.25, -0.2) is 9.13 Å². The highest BCUT2D eigenvalue weighted by molar-refractivity contribution is 7.47. The van der Waals surface area contributed by atoms with Gasteiger partial charge in [-0.2, -0.15) is 0 Å². The number of phosphoric ester groups is 2. The third-order valence-electron chi connectivity index (χ3n) is 18.7. The molecule has 0 aliphatic carbocycles. The summed E-state index contributed by atoms with van der Waals surface area (Å²) in [6.07, 6.45) is 61.0. The summed E-state index contributed by atoms with van der Waals surface area (Å²) in [4.78, 5) is 72.9. The molecule has 99 heavy (non-hydrogen) atoms. The standard InChI is InChI=1S/C80H156O17P2/c1-7-9-11-13-15-17-18-19-20-21-22-25-28-33-39-45-51-57-63-78(83)91-69-76(97-79(84)64-58-52-46-40-34-29-26-23-24-27-31-37-42-48-54-60-72(3)4)71-95-99(88,89)93-67-74(81)66-92-98(86,87)94-70-75(68-90-77(82)62-56-50-44-36-16-14-12-10-8-2)96-80(85)65-59-53-47-41-35-30-32-38-43-49-55-61-73(5)6/h72-76,81H,7-71H2,1-6H3,(H,86,87)(H,88,89)/t74-,75+,76+/m0/s1. The van der Waals surface area contributed by atoms with Crippen LogP contribution in [-0.2, 0) is 65.4 Å². The van der Waals surface area contributed by atoms with Gasteiger partial charge in [-0.05, 0) is 37.5 Å². The predicted octanol–water partition coefficient (Wildman–Crippen LogP) is 23.9. The van der Waals surface area contributed by atoms with Crippen molar-refractivity contribution in [3.63, 3.8) is 0 Å². The van der Waals surface area contributed by atoms with Gasteiger partial charge in [0.15, 0.2) is 12.2 Å². The fraction of sp³-hybridized carbons (Fsp3) is 0.950. The Labute approximate surface area is 607 Å². The van der Waals surface area contributed by atoms with Crippen molar-refractivity contribution < 1.29 is 80.2 Å². The van der Waals surface area contributed by atoms with Crippen molar-refractivity contribution in [3.8, 4) is 0 Å². The number of hydrogen-bond donors (Lipinski definition) is 3. The van der Waals surface area contributed by atoms with E-state index in [4.69, 9.17) is 37.0 Å². The Kier molecular flexibility index (Phi) is 70.3. The molecule has 0 saturated heterocycles. The summed E-state index contributed by atoms with van der Waals surface area (Å²) in [7, 11) is -9.92. The van der Waals surface area contributed by atoms with Crippen LogP contribution in [0.15, 0.2) is 0 Å². The van der Waals surface area contributed by atoms with Crippen LogP contribution in [0.4, 0.5) is 0 Å². The van der Waals surface area contributed by atoms with E-state index in [2.05, 4.69) is 41.5 Å². The average Bonchev–Trinajstić information content (AvgIpc) is 1.15. The van der Waals surface area contributed by atoms with Crippen molar-refractivity contribution in [2.45, 2.75) is 439 Å². The molecule has 0 aromatic rings. The first-order chi connectivity index (χ1) is 47.9. The lowest BCUT2D eigenvalue weighted by atomic mass is 10.0. The van der Waals surface area contributed by atoms with Crippen LogP contribution in [-0.4, -0.2) is 96.7 Å². The number of hydrogen-bond acceptors (Lipinski definition) is 15. The molecular weight excluding hydrogens is 1290 g/mol. The number of phosphoric acid groups is 2. The van der Waals surface area contributed by atoms with E-state index < -0.39 is 97.5 Å². The first-order valence-electron chi connectivity index (χ1n) is 41.5. The van der Waals surface area contributed by atoms with Gasteiger partial charge in [-0.1, -0.05) is 369 Å². The van der Waals surface area contributed by atoms with Crippen molar-refractivity contribution in [2.24, 2.45) is 11.8 Å². The molecule has 5 atom stereocenters. The molecule has 0 aromatic carbocycles. The highest BCUT2D eigenvalue weighted by atomic mass is 31.2. The molecule has 0 heterocycles. The van der Waals surface area contributed by atoms with Gasteiger partial charge in [0.05, 0.1) is 26.4 Å². The van der Waals surface area contributed by atoms with Gasteiger partial charge in [-0.3, -0.25) is 37.3 Å². The Morgan fingerprint density at radius 3 is 0.687 bits per heavy atom. The Balaban J connectivity index is 5.22. The van der Waals surface area contributed by atoms with Gasteiger partial charge >= 0.3 is 39.5 Å². The van der Waals surface area contributed by atoms with Crippen LogP contribution in [0.3, 0.4) is 0 Å².